The van der Waals surface area contributed by atoms with E-state index in [9.17, 15) is 9.18 Å². The Kier molecular flexibility index (Phi) is 4.36. The van der Waals surface area contributed by atoms with Crippen LogP contribution in [-0.2, 0) is 0 Å². The van der Waals surface area contributed by atoms with Gasteiger partial charge in [0.2, 0.25) is 5.88 Å². The number of nitrogens with one attached hydrogen (secondary N) is 1. The lowest BCUT2D eigenvalue weighted by atomic mass is 9.86. The first kappa shape index (κ1) is 16.6. The van der Waals surface area contributed by atoms with Crippen molar-refractivity contribution in [1.82, 2.24) is 15.1 Å². The number of hydrogen-bond donors (Lipinski definition) is 1. The monoisotopic (exact) mass is 354 g/mol. The molecule has 134 valence electrons. The number of hydrogen-bond acceptors (Lipinski definition) is 5. The second-order valence-corrected chi connectivity index (χ2v) is 6.69. The Morgan fingerprint density at radius 2 is 1.85 bits per heavy atom. The van der Waals surface area contributed by atoms with Crippen molar-refractivity contribution >= 4 is 22.8 Å². The van der Waals surface area contributed by atoms with Crippen molar-refractivity contribution in [2.75, 3.05) is 5.32 Å². The van der Waals surface area contributed by atoms with Gasteiger partial charge in [-0.2, -0.15) is 0 Å². The highest BCUT2D eigenvalue weighted by molar-refractivity contribution is 6.05. The third-order valence-electron chi connectivity index (χ3n) is 4.98. The Labute approximate surface area is 149 Å². The van der Waals surface area contributed by atoms with Gasteiger partial charge in [-0.15, -0.1) is 0 Å². The number of aromatic nitrogens is 3. The van der Waals surface area contributed by atoms with Crippen molar-refractivity contribution < 1.29 is 13.7 Å². The van der Waals surface area contributed by atoms with E-state index in [0.717, 1.165) is 24.1 Å². The molecule has 0 radical (unpaired) electrons. The highest BCUT2D eigenvalue weighted by Crippen LogP contribution is 2.35. The smallest absolute Gasteiger partial charge is 0.261 e. The predicted octanol–water partition coefficient (Wildman–Crippen LogP) is 4.37. The lowest BCUT2D eigenvalue weighted by Gasteiger charge is -2.19. The van der Waals surface area contributed by atoms with Crippen LogP contribution in [0.5, 0.6) is 0 Å². The zero-order chi connectivity index (χ0) is 18.1. The van der Waals surface area contributed by atoms with Crippen molar-refractivity contribution in [3.63, 3.8) is 0 Å². The van der Waals surface area contributed by atoms with Crippen LogP contribution in [0.25, 0.3) is 11.0 Å². The molecular formula is C19H19FN4O2. The molecule has 1 N–H and O–H groups in total. The summed E-state index contributed by atoms with van der Waals surface area (Å²) in [5.74, 6) is -0.607. The van der Waals surface area contributed by atoms with Crippen LogP contribution in [0.1, 0.15) is 59.6 Å². The lowest BCUT2D eigenvalue weighted by molar-refractivity contribution is 0.102. The number of halogens is 1. The molecule has 1 saturated carbocycles. The summed E-state index contributed by atoms with van der Waals surface area (Å²) in [6.45, 7) is 1.87. The molecule has 0 atom stereocenters. The Morgan fingerprint density at radius 3 is 2.58 bits per heavy atom. The van der Waals surface area contributed by atoms with Gasteiger partial charge in [-0.1, -0.05) is 24.4 Å². The fourth-order valence-corrected chi connectivity index (χ4v) is 3.55. The minimum Gasteiger partial charge on any atom is -0.338 e. The van der Waals surface area contributed by atoms with Crippen molar-refractivity contribution in [1.29, 1.82) is 0 Å². The normalized spacial score (nSPS) is 15.3. The minimum absolute atomic E-state index is 0.104. The van der Waals surface area contributed by atoms with Crippen LogP contribution in [0.3, 0.4) is 0 Å². The maximum Gasteiger partial charge on any atom is 0.261 e. The summed E-state index contributed by atoms with van der Waals surface area (Å²) in [5.41, 5.74) is 2.46. The first-order chi connectivity index (χ1) is 12.6. The Morgan fingerprint density at radius 1 is 1.15 bits per heavy atom. The number of amides is 1. The first-order valence-electron chi connectivity index (χ1n) is 8.81. The molecule has 1 aliphatic rings. The molecule has 6 nitrogen and oxygen atoms in total. The van der Waals surface area contributed by atoms with Crippen LogP contribution in [0.15, 0.2) is 29.0 Å². The third kappa shape index (κ3) is 3.05. The van der Waals surface area contributed by atoms with Crippen LogP contribution in [0.4, 0.5) is 10.3 Å². The Hall–Kier alpha value is -2.83. The molecule has 1 amide bonds. The van der Waals surface area contributed by atoms with E-state index in [0.29, 0.717) is 17.0 Å². The SMILES string of the molecule is Cc1c(C2CCCCC2)noc1NC(=O)c1cc2nccnc2cc1F. The highest BCUT2D eigenvalue weighted by atomic mass is 19.1. The van der Waals surface area contributed by atoms with Gasteiger partial charge in [0.1, 0.15) is 5.82 Å². The second kappa shape index (κ2) is 6.82. The van der Waals surface area contributed by atoms with Crippen LogP contribution >= 0.6 is 0 Å². The zero-order valence-corrected chi connectivity index (χ0v) is 14.5. The van der Waals surface area contributed by atoms with Gasteiger partial charge in [-0.05, 0) is 25.8 Å². The fourth-order valence-electron chi connectivity index (χ4n) is 3.55. The molecule has 4 rings (SSSR count). The molecule has 1 aliphatic carbocycles. The average molecular weight is 354 g/mol. The number of anilines is 1. The van der Waals surface area contributed by atoms with Gasteiger partial charge in [0.25, 0.3) is 5.91 Å². The molecule has 0 aliphatic heterocycles. The number of nitrogens with zero attached hydrogens (tertiary/aromatic N) is 3. The van der Waals surface area contributed by atoms with Crippen LogP contribution < -0.4 is 5.32 Å². The molecule has 1 fully saturated rings. The number of carbonyl (C=O) groups is 1. The number of carbonyl (C=O) groups excluding carboxylic acids is 1. The maximum absolute atomic E-state index is 14.3. The summed E-state index contributed by atoms with van der Waals surface area (Å²) in [7, 11) is 0. The van der Waals surface area contributed by atoms with E-state index in [-0.39, 0.29) is 11.4 Å². The molecule has 0 bridgehead atoms. The summed E-state index contributed by atoms with van der Waals surface area (Å²) in [6, 6.07) is 2.60. The molecular weight excluding hydrogens is 335 g/mol. The molecule has 26 heavy (non-hydrogen) atoms. The molecule has 0 saturated heterocycles. The molecule has 1 aromatic carbocycles. The van der Waals surface area contributed by atoms with Crippen molar-refractivity contribution in [3.8, 4) is 0 Å². The van der Waals surface area contributed by atoms with E-state index in [1.807, 2.05) is 6.92 Å². The molecule has 0 unspecified atom stereocenters. The van der Waals surface area contributed by atoms with E-state index in [1.165, 1.54) is 43.8 Å². The minimum atomic E-state index is -0.653. The van der Waals surface area contributed by atoms with E-state index < -0.39 is 11.7 Å². The number of fused-ring (bicyclic) bond motifs is 1. The number of rotatable bonds is 3. The van der Waals surface area contributed by atoms with Crippen molar-refractivity contribution in [2.24, 2.45) is 0 Å². The summed E-state index contributed by atoms with van der Waals surface area (Å²) < 4.78 is 19.6. The standard InChI is InChI=1S/C19H19FN4O2/c1-11-17(12-5-3-2-4-6-12)24-26-19(11)23-18(25)13-9-15-16(10-14(13)20)22-8-7-21-15/h7-10,12H,2-6H2,1H3,(H,23,25). The summed E-state index contributed by atoms with van der Waals surface area (Å²) in [5, 5.41) is 6.79. The third-order valence-corrected chi connectivity index (χ3v) is 4.98. The Balaban J connectivity index is 1.59. The molecule has 7 heteroatoms. The van der Waals surface area contributed by atoms with Gasteiger partial charge >= 0.3 is 0 Å². The van der Waals surface area contributed by atoms with Gasteiger partial charge in [0.05, 0.1) is 22.3 Å². The quantitative estimate of drug-likeness (QED) is 0.755. The average Bonchev–Trinajstić information content (AvgIpc) is 3.02. The van der Waals surface area contributed by atoms with Crippen molar-refractivity contribution in [2.45, 2.75) is 44.9 Å². The van der Waals surface area contributed by atoms with Crippen LogP contribution in [0.2, 0.25) is 0 Å². The zero-order valence-electron chi connectivity index (χ0n) is 14.5. The molecule has 0 spiro atoms. The molecule has 2 heterocycles. The summed E-state index contributed by atoms with van der Waals surface area (Å²) in [6.07, 6.45) is 8.76. The van der Waals surface area contributed by atoms with E-state index >= 15 is 0 Å². The lowest BCUT2D eigenvalue weighted by Crippen LogP contribution is -2.14. The van der Waals surface area contributed by atoms with Crippen molar-refractivity contribution in [3.05, 3.63) is 47.2 Å². The molecule has 3 aromatic rings. The van der Waals surface area contributed by atoms with Crippen LogP contribution in [0, 0.1) is 12.7 Å². The largest absolute Gasteiger partial charge is 0.338 e. The van der Waals surface area contributed by atoms with E-state index in [2.05, 4.69) is 20.4 Å². The van der Waals surface area contributed by atoms with E-state index in [1.54, 1.807) is 0 Å². The topological polar surface area (TPSA) is 80.9 Å². The maximum atomic E-state index is 14.3. The second-order valence-electron chi connectivity index (χ2n) is 6.69. The van der Waals surface area contributed by atoms with Crippen LogP contribution in [-0.4, -0.2) is 21.0 Å². The highest BCUT2D eigenvalue weighted by Gasteiger charge is 2.24. The van der Waals surface area contributed by atoms with Gasteiger partial charge in [0.15, 0.2) is 0 Å². The molecule has 2 aromatic heterocycles. The fraction of sp³-hybridized carbons (Fsp3) is 0.368. The van der Waals surface area contributed by atoms with Gasteiger partial charge < -0.3 is 4.52 Å². The van der Waals surface area contributed by atoms with E-state index in [4.69, 9.17) is 4.52 Å². The summed E-state index contributed by atoms with van der Waals surface area (Å²) >= 11 is 0. The first-order valence-corrected chi connectivity index (χ1v) is 8.81. The number of benzene rings is 1. The Bertz CT molecular complexity index is 963. The summed E-state index contributed by atoms with van der Waals surface area (Å²) in [4.78, 5) is 20.7. The van der Waals surface area contributed by atoms with Gasteiger partial charge in [-0.25, -0.2) is 4.39 Å². The predicted molar refractivity (Wildman–Crippen MR) is 94.5 cm³/mol. The van der Waals surface area contributed by atoms with Gasteiger partial charge in [-0.3, -0.25) is 20.1 Å². The van der Waals surface area contributed by atoms with Gasteiger partial charge in [0, 0.05) is 29.9 Å².